The predicted octanol–water partition coefficient (Wildman–Crippen LogP) is 14.3. The van der Waals surface area contributed by atoms with Crippen molar-refractivity contribution in [2.75, 3.05) is 82.3 Å². The van der Waals surface area contributed by atoms with E-state index in [1.54, 1.807) is 67.0 Å². The highest BCUT2D eigenvalue weighted by Gasteiger charge is 2.47. The molecule has 1 aliphatic carbocycles. The van der Waals surface area contributed by atoms with Gasteiger partial charge < -0.3 is 61.8 Å². The summed E-state index contributed by atoms with van der Waals surface area (Å²) >= 11 is 0. The molecule has 147 heavy (non-hydrogen) atoms. The summed E-state index contributed by atoms with van der Waals surface area (Å²) in [5.41, 5.74) is 17.5. The second-order valence-electron chi connectivity index (χ2n) is 41.7. The zero-order valence-corrected chi connectivity index (χ0v) is 88.2. The number of amides is 4. The second kappa shape index (κ2) is 44.2. The Labute approximate surface area is 855 Å². The zero-order valence-electron chi connectivity index (χ0n) is 84.9. The number of sulfonamides is 3. The van der Waals surface area contributed by atoms with E-state index in [0.29, 0.717) is 108 Å². The molecule has 5 saturated heterocycles. The van der Waals surface area contributed by atoms with Crippen LogP contribution in [0.15, 0.2) is 185 Å². The van der Waals surface area contributed by atoms with Crippen molar-refractivity contribution >= 4 is 110 Å². The molecule has 2 aromatic carbocycles. The maximum atomic E-state index is 14.2. The van der Waals surface area contributed by atoms with Crippen LogP contribution in [-0.4, -0.2) is 198 Å². The van der Waals surface area contributed by atoms with Gasteiger partial charge in [0.05, 0.1) is 52.0 Å². The highest BCUT2D eigenvalue weighted by atomic mass is 32.2. The number of pyridine rings is 8. The molecule has 6 fully saturated rings. The fourth-order valence-corrected chi connectivity index (χ4v) is 24.4. The molecule has 0 spiro atoms. The number of para-hydroxylation sites is 1. The maximum absolute atomic E-state index is 14.2. The van der Waals surface area contributed by atoms with Gasteiger partial charge in [0.15, 0.2) is 10.1 Å². The average molecular weight is 2110 g/mol. The SMILES string of the molecule is CC1CN(c2ncccc2C(=O)NS(=O)(=O)c2cccc(Nc3ccccn3)n2)C(C)(C)C1.CCOc1ccc(F)cc1-c1ccc(C(=O)NS(=O)(=O)c2cccnc2N)c(N2C[C@@H](C)CC2(C)C)n1.C[C@@H]1CN(c2nc(-c3ccccc3OC(F)(F)F)ccc2C(=O)NS(=O)(=O)N2CC[C@H](N)C2)C(C)(C)C1.C[C@@H]1CN(c2nc(C(C)(C)C)c(C(O)C(O)C3CCCC3)cc2C(=O)NS(=O)(=O)c2cccc(N)n2)C(C)(C)C1. The number of nitrogen functional groups attached to an aromatic ring is 2. The van der Waals surface area contributed by atoms with Crippen LogP contribution in [-0.2, 0) is 45.7 Å². The van der Waals surface area contributed by atoms with Crippen molar-refractivity contribution in [3.8, 4) is 34.0 Å². The summed E-state index contributed by atoms with van der Waals surface area (Å²) in [5, 5.41) is 24.9. The molecule has 5 aliphatic heterocycles. The summed E-state index contributed by atoms with van der Waals surface area (Å²) in [6, 6.07) is 36.6. The molecule has 13 N–H and O–H groups in total. The van der Waals surface area contributed by atoms with Gasteiger partial charge in [0.2, 0.25) is 0 Å². The third kappa shape index (κ3) is 26.6. The molecule has 1 saturated carbocycles. The van der Waals surface area contributed by atoms with E-state index in [-0.39, 0.29) is 113 Å². The Balaban J connectivity index is 0.000000164. The van der Waals surface area contributed by atoms with E-state index in [0.717, 1.165) is 62.2 Å². The first-order chi connectivity index (χ1) is 68.7. The van der Waals surface area contributed by atoms with Crippen LogP contribution >= 0.6 is 0 Å². The number of nitrogens with zero attached hydrogens (tertiary/aromatic N) is 13. The summed E-state index contributed by atoms with van der Waals surface area (Å²) < 4.78 is 176. The number of alkyl halides is 3. The minimum absolute atomic E-state index is 0.00585. The van der Waals surface area contributed by atoms with Crippen LogP contribution in [0.2, 0.25) is 0 Å². The number of ether oxygens (including phenoxy) is 2. The number of hydrogen-bond acceptors (Lipinski definition) is 32. The first-order valence-corrected chi connectivity index (χ1v) is 54.3. The molecule has 0 radical (unpaired) electrons. The number of anilines is 8. The number of aromatic nitrogens is 8. The zero-order chi connectivity index (χ0) is 107. The third-order valence-electron chi connectivity index (χ3n) is 26.5. The number of nitrogens with two attached hydrogens (primary N) is 3. The molecule has 0 bridgehead atoms. The quantitative estimate of drug-likeness (QED) is 0.0225. The van der Waals surface area contributed by atoms with Gasteiger partial charge in [-0.2, -0.15) is 29.6 Å². The van der Waals surface area contributed by atoms with Gasteiger partial charge in [-0.05, 0) is 258 Å². The van der Waals surface area contributed by atoms with Crippen LogP contribution in [0, 0.1) is 35.4 Å². The smallest absolute Gasteiger partial charge is 0.493 e. The Kier molecular flexibility index (Phi) is 33.5. The molecule has 4 amide bonds. The third-order valence-corrected chi connectivity index (χ3v) is 31.8. The normalized spacial score (nSPS) is 19.7. The van der Waals surface area contributed by atoms with E-state index < -0.39 is 105 Å². The number of aliphatic hydroxyl groups excluding tert-OH is 2. The van der Waals surface area contributed by atoms with Crippen LogP contribution in [0.3, 0.4) is 0 Å². The minimum atomic E-state index is -4.91. The van der Waals surface area contributed by atoms with E-state index in [1.807, 2.05) is 77.0 Å². The molecule has 10 aromatic rings. The monoisotopic (exact) mass is 2110 g/mol. The average Bonchev–Trinajstić information content (AvgIpc) is 1.72. The summed E-state index contributed by atoms with van der Waals surface area (Å²) in [4.78, 5) is 95.9. The van der Waals surface area contributed by atoms with Gasteiger partial charge in [0, 0.05) is 108 Å². The van der Waals surface area contributed by atoms with Crippen molar-refractivity contribution in [2.24, 2.45) is 35.3 Å². The number of carbonyl (C=O) groups is 4. The first kappa shape index (κ1) is 111. The molecule has 7 atom stereocenters. The largest absolute Gasteiger partial charge is 0.573 e. The highest BCUT2D eigenvalue weighted by Crippen LogP contribution is 2.47. The van der Waals surface area contributed by atoms with Gasteiger partial charge in [-0.25, -0.2) is 71.6 Å². The lowest BCUT2D eigenvalue weighted by molar-refractivity contribution is -0.274. The van der Waals surface area contributed by atoms with E-state index in [1.165, 1.54) is 103 Å². The van der Waals surface area contributed by atoms with Crippen LogP contribution in [0.4, 0.5) is 64.1 Å². The number of hydrogen-bond donors (Lipinski definition) is 10. The van der Waals surface area contributed by atoms with Crippen molar-refractivity contribution in [2.45, 2.75) is 236 Å². The highest BCUT2D eigenvalue weighted by molar-refractivity contribution is 7.90. The number of nitrogens with one attached hydrogen (secondary N) is 5. The van der Waals surface area contributed by atoms with Crippen molar-refractivity contribution in [1.82, 2.24) is 63.1 Å². The first-order valence-electron chi connectivity index (χ1n) is 48.4. The van der Waals surface area contributed by atoms with Crippen molar-refractivity contribution in [3.63, 3.8) is 0 Å². The van der Waals surface area contributed by atoms with Crippen molar-refractivity contribution in [1.29, 1.82) is 0 Å². The van der Waals surface area contributed by atoms with Gasteiger partial charge in [-0.3, -0.25) is 19.2 Å². The Morgan fingerprint density at radius 2 is 0.966 bits per heavy atom. The van der Waals surface area contributed by atoms with Gasteiger partial charge >= 0.3 is 16.6 Å². The van der Waals surface area contributed by atoms with E-state index >= 15 is 0 Å². The Morgan fingerprint density at radius 3 is 1.47 bits per heavy atom. The Bertz CT molecular complexity index is 7010. The van der Waals surface area contributed by atoms with Gasteiger partial charge in [0.25, 0.3) is 53.7 Å². The fourth-order valence-electron chi connectivity index (χ4n) is 20.2. The molecule has 790 valence electrons. The standard InChI is InChI=1S/C29H43N5O5S.C26H30FN5O4S.C24H30F3N5O4S.C23H26N6O3S/c1-17-15-29(5,6)34(16-17)26-20(27(37)33-40(38,39)22-13-9-12-21(30)31-22)14-19(25(32-26)28(2,3)4)24(36)23(35)18-10-7-8-11-18;1-5-36-21-11-8-17(27)13-19(21)20-10-9-18(24(30-20)32-15-16(2)14-26(32,3)4)25(33)31-37(34,35)22-7-6-12-29-23(22)28;1-15-12-23(2,3)32(13-15)21-18(22(33)30-37(34,35)31-11-10-16(28)14-31)8-9-19(29-21)17-6-4-5-7-20(17)36-24(25,26)27;1-16-14-23(2,3)29(15-16)21-17(8-7-13-25-21)22(30)28-33(31,32)20-11-6-10-19(27-20)26-18-9-4-5-12-24-18/h9,12-14,17-18,23-24,35-36H,7-8,10-11,15-16H2,1-6H3,(H2,30,31)(H,33,37);6-13,16H,5,14-15H2,1-4H3,(H2,28,29)(H,31,33);4-9,15-16H,10-14,28H2,1-3H3,(H,30,33);4-13,16H,14-15H2,1-3H3,(H,28,30)(H,24,26,27)/t17-,23?,24?;16-;15-,16-;/m000./s1. The molecular formula is C102H129F4N21O16S4. The van der Waals surface area contributed by atoms with E-state index in [9.17, 15) is 80.6 Å². The van der Waals surface area contributed by atoms with Crippen LogP contribution in [0.5, 0.6) is 11.5 Å². The molecule has 3 unspecified atom stereocenters. The number of carbonyl (C=O) groups excluding carboxylic acids is 4. The van der Waals surface area contributed by atoms with Crippen molar-refractivity contribution < 1.29 is 90.1 Å². The van der Waals surface area contributed by atoms with Crippen LogP contribution in [0.1, 0.15) is 227 Å². The van der Waals surface area contributed by atoms with Gasteiger partial charge in [-0.1, -0.05) is 91.6 Å². The summed E-state index contributed by atoms with van der Waals surface area (Å²) in [6.07, 6.45) is 4.85. The topological polar surface area (TPSA) is 521 Å². The lowest BCUT2D eigenvalue weighted by Gasteiger charge is -2.36. The van der Waals surface area contributed by atoms with E-state index in [2.05, 4.69) is 112 Å². The molecule has 13 heterocycles. The van der Waals surface area contributed by atoms with Crippen LogP contribution in [0.25, 0.3) is 22.5 Å². The number of aliphatic hydroxyl groups is 2. The molecule has 37 nitrogen and oxygen atoms in total. The Hall–Kier alpha value is -12.9. The summed E-state index contributed by atoms with van der Waals surface area (Å²) in [7, 11) is -17.0. The molecule has 8 aromatic heterocycles. The lowest BCUT2D eigenvalue weighted by atomic mass is 9.82. The minimum Gasteiger partial charge on any atom is -0.493 e. The molecule has 6 aliphatic rings. The number of rotatable bonds is 26. The fraction of sp³-hybridized carbons (Fsp3) is 0.451. The van der Waals surface area contributed by atoms with Crippen molar-refractivity contribution in [3.05, 3.63) is 210 Å². The second-order valence-corrected chi connectivity index (χ2v) is 48.3. The van der Waals surface area contributed by atoms with Gasteiger partial charge in [-0.15, -0.1) is 13.2 Å². The number of halogens is 4. The summed E-state index contributed by atoms with van der Waals surface area (Å²) in [5.74, 6) is -0.719. The summed E-state index contributed by atoms with van der Waals surface area (Å²) in [6.45, 7) is 35.6. The lowest BCUT2D eigenvalue weighted by Crippen LogP contribution is -2.44. The van der Waals surface area contributed by atoms with Gasteiger partial charge in [0.1, 0.15) is 74.9 Å². The van der Waals surface area contributed by atoms with E-state index in [4.69, 9.17) is 31.9 Å². The number of benzene rings is 2. The Morgan fingerprint density at radius 1 is 0.490 bits per heavy atom. The molecular weight excluding hydrogens is 1980 g/mol. The maximum Gasteiger partial charge on any atom is 0.573 e. The molecule has 16 rings (SSSR count). The van der Waals surface area contributed by atoms with Crippen LogP contribution < -0.4 is 70.5 Å². The predicted molar refractivity (Wildman–Crippen MR) is 552 cm³/mol. The molecule has 45 heteroatoms.